The molecule has 0 bridgehead atoms. The van der Waals surface area contributed by atoms with Crippen LogP contribution >= 0.6 is 0 Å². The van der Waals surface area contributed by atoms with E-state index in [9.17, 15) is 13.2 Å². The van der Waals surface area contributed by atoms with Crippen molar-refractivity contribution in [1.82, 2.24) is 24.2 Å². The van der Waals surface area contributed by atoms with E-state index in [-0.39, 0.29) is 24.6 Å². The molecule has 1 saturated heterocycles. The lowest BCUT2D eigenvalue weighted by Crippen LogP contribution is -2.43. The van der Waals surface area contributed by atoms with Gasteiger partial charge < -0.3 is 10.1 Å². The van der Waals surface area contributed by atoms with E-state index in [1.807, 2.05) is 42.6 Å². The number of sulfonamides is 1. The zero-order valence-corrected chi connectivity index (χ0v) is 18.6. The van der Waals surface area contributed by atoms with Gasteiger partial charge in [0.15, 0.2) is 5.65 Å². The van der Waals surface area contributed by atoms with Crippen LogP contribution in [0.1, 0.15) is 23.4 Å². The van der Waals surface area contributed by atoms with Gasteiger partial charge in [0.2, 0.25) is 15.9 Å². The Morgan fingerprint density at radius 3 is 2.71 bits per heavy atom. The molecule has 1 aromatic carbocycles. The highest BCUT2D eigenvalue weighted by atomic mass is 32.2. The number of nitrogens with one attached hydrogen (secondary N) is 1. The number of carbonyl (C=O) groups is 1. The number of morpholine rings is 1. The first-order valence-electron chi connectivity index (χ1n) is 10.4. The number of aryl methyl sites for hydroxylation is 2. The van der Waals surface area contributed by atoms with Crippen molar-refractivity contribution in [3.8, 4) is 0 Å². The van der Waals surface area contributed by atoms with Crippen LogP contribution in [-0.4, -0.2) is 71.8 Å². The van der Waals surface area contributed by atoms with Crippen LogP contribution in [0.2, 0.25) is 0 Å². The van der Waals surface area contributed by atoms with Gasteiger partial charge in [-0.2, -0.15) is 9.40 Å². The van der Waals surface area contributed by atoms with Gasteiger partial charge in [-0.3, -0.25) is 4.79 Å². The van der Waals surface area contributed by atoms with Gasteiger partial charge in [0.25, 0.3) is 0 Å². The number of ether oxygens (including phenoxy) is 1. The van der Waals surface area contributed by atoms with Gasteiger partial charge >= 0.3 is 0 Å². The summed E-state index contributed by atoms with van der Waals surface area (Å²) in [5.74, 6) is -0.286. The van der Waals surface area contributed by atoms with E-state index in [0.29, 0.717) is 32.7 Å². The Hall–Kier alpha value is -2.56. The third-order valence-electron chi connectivity index (χ3n) is 5.67. The van der Waals surface area contributed by atoms with Gasteiger partial charge in [0, 0.05) is 42.8 Å². The lowest BCUT2D eigenvalue weighted by atomic mass is 10.1. The molecule has 1 N–H and O–H groups in total. The summed E-state index contributed by atoms with van der Waals surface area (Å²) < 4.78 is 33.1. The second kappa shape index (κ2) is 8.89. The Balaban J connectivity index is 1.37. The molecule has 0 unspecified atom stereocenters. The number of hydrogen-bond donors (Lipinski definition) is 1. The molecule has 0 aliphatic carbocycles. The predicted molar refractivity (Wildman–Crippen MR) is 117 cm³/mol. The zero-order valence-electron chi connectivity index (χ0n) is 17.8. The Labute approximate surface area is 181 Å². The van der Waals surface area contributed by atoms with Crippen LogP contribution in [0, 0.1) is 13.8 Å². The molecule has 9 nitrogen and oxygen atoms in total. The quantitative estimate of drug-likeness (QED) is 0.586. The minimum atomic E-state index is -3.38. The maximum atomic E-state index is 12.3. The largest absolute Gasteiger partial charge is 0.379 e. The molecule has 0 saturated carbocycles. The fraction of sp³-hybridized carbons (Fsp3) is 0.476. The van der Waals surface area contributed by atoms with Crippen molar-refractivity contribution < 1.29 is 17.9 Å². The van der Waals surface area contributed by atoms with Crippen molar-refractivity contribution in [3.63, 3.8) is 0 Å². The standard InChI is InChI=1S/C21H27N5O4S/c1-15-17(16(2)26-21(23-15)18-5-3-4-6-19(18)24-26)7-8-20(27)22-9-14-31(28,29)25-10-12-30-13-11-25/h3-6H,7-14H2,1-2H3,(H,22,27). The fourth-order valence-electron chi connectivity index (χ4n) is 3.94. The molecular formula is C21H27N5O4S. The molecule has 166 valence electrons. The summed E-state index contributed by atoms with van der Waals surface area (Å²) in [6.07, 6.45) is 0.770. The van der Waals surface area contributed by atoms with E-state index in [2.05, 4.69) is 10.4 Å². The van der Waals surface area contributed by atoms with Crippen LogP contribution in [-0.2, 0) is 26.0 Å². The van der Waals surface area contributed by atoms with Gasteiger partial charge in [-0.05, 0) is 38.0 Å². The molecule has 10 heteroatoms. The van der Waals surface area contributed by atoms with Gasteiger partial charge in [-0.25, -0.2) is 17.9 Å². The van der Waals surface area contributed by atoms with E-state index >= 15 is 0 Å². The van der Waals surface area contributed by atoms with Crippen molar-refractivity contribution in [1.29, 1.82) is 0 Å². The van der Waals surface area contributed by atoms with Gasteiger partial charge in [-0.15, -0.1) is 0 Å². The predicted octanol–water partition coefficient (Wildman–Crippen LogP) is 1.21. The molecule has 0 atom stereocenters. The number of aromatic nitrogens is 3. The molecule has 1 amide bonds. The number of nitrogens with zero attached hydrogens (tertiary/aromatic N) is 4. The van der Waals surface area contributed by atoms with E-state index in [1.54, 1.807) is 0 Å². The topological polar surface area (TPSA) is 106 Å². The maximum absolute atomic E-state index is 12.3. The molecule has 1 aliphatic heterocycles. The molecule has 0 radical (unpaired) electrons. The SMILES string of the molecule is Cc1nc2c3ccccc3nn2c(C)c1CCC(=O)NCCS(=O)(=O)N1CCOCC1. The molecule has 1 fully saturated rings. The van der Waals surface area contributed by atoms with Crippen molar-refractivity contribution in [3.05, 3.63) is 41.2 Å². The lowest BCUT2D eigenvalue weighted by Gasteiger charge is -2.26. The summed E-state index contributed by atoms with van der Waals surface area (Å²) in [6.45, 7) is 5.58. The van der Waals surface area contributed by atoms with Gasteiger partial charge in [0.1, 0.15) is 0 Å². The van der Waals surface area contributed by atoms with Gasteiger partial charge in [0.05, 0.1) is 24.5 Å². The second-order valence-corrected chi connectivity index (χ2v) is 9.78. The van der Waals surface area contributed by atoms with E-state index in [4.69, 9.17) is 9.72 Å². The molecule has 3 heterocycles. The Bertz CT molecular complexity index is 1220. The summed E-state index contributed by atoms with van der Waals surface area (Å²) in [5, 5.41) is 8.36. The van der Waals surface area contributed by atoms with Crippen LogP contribution in [0.25, 0.3) is 16.6 Å². The Morgan fingerprint density at radius 2 is 1.94 bits per heavy atom. The third-order valence-corrected chi connectivity index (χ3v) is 7.54. The van der Waals surface area contributed by atoms with Crippen molar-refractivity contribution in [2.24, 2.45) is 0 Å². The van der Waals surface area contributed by atoms with E-state index in [1.165, 1.54) is 4.31 Å². The Morgan fingerprint density at radius 1 is 1.19 bits per heavy atom. The summed E-state index contributed by atoms with van der Waals surface area (Å²) in [7, 11) is -3.38. The number of carbonyl (C=O) groups excluding carboxylic acids is 1. The average molecular weight is 446 g/mol. The minimum Gasteiger partial charge on any atom is -0.379 e. The van der Waals surface area contributed by atoms with Crippen LogP contribution in [0.5, 0.6) is 0 Å². The number of benzene rings is 1. The van der Waals surface area contributed by atoms with Crippen molar-refractivity contribution >= 4 is 32.5 Å². The normalized spacial score (nSPS) is 15.5. The highest BCUT2D eigenvalue weighted by Gasteiger charge is 2.24. The summed E-state index contributed by atoms with van der Waals surface area (Å²) in [5.41, 5.74) is 4.51. The second-order valence-electron chi connectivity index (χ2n) is 7.69. The molecule has 1 aliphatic rings. The molecule has 3 aromatic rings. The number of hydrogen-bond acceptors (Lipinski definition) is 6. The number of amides is 1. The maximum Gasteiger partial charge on any atom is 0.220 e. The molecular weight excluding hydrogens is 418 g/mol. The van der Waals surface area contributed by atoms with Gasteiger partial charge in [-0.1, -0.05) is 12.1 Å². The third kappa shape index (κ3) is 4.56. The van der Waals surface area contributed by atoms with E-state index < -0.39 is 10.0 Å². The molecule has 31 heavy (non-hydrogen) atoms. The summed E-state index contributed by atoms with van der Waals surface area (Å²) >= 11 is 0. The van der Waals surface area contributed by atoms with Crippen LogP contribution in [0.15, 0.2) is 24.3 Å². The van der Waals surface area contributed by atoms with Crippen LogP contribution < -0.4 is 5.32 Å². The highest BCUT2D eigenvalue weighted by molar-refractivity contribution is 7.89. The smallest absolute Gasteiger partial charge is 0.220 e. The zero-order chi connectivity index (χ0) is 22.0. The highest BCUT2D eigenvalue weighted by Crippen LogP contribution is 2.22. The van der Waals surface area contributed by atoms with Crippen LogP contribution in [0.3, 0.4) is 0 Å². The fourth-order valence-corrected chi connectivity index (χ4v) is 5.26. The van der Waals surface area contributed by atoms with Crippen molar-refractivity contribution in [2.75, 3.05) is 38.6 Å². The first-order valence-corrected chi connectivity index (χ1v) is 12.0. The monoisotopic (exact) mass is 445 g/mol. The summed E-state index contributed by atoms with van der Waals surface area (Å²) in [6, 6.07) is 7.87. The first kappa shape index (κ1) is 21.7. The minimum absolute atomic E-state index is 0.0956. The van der Waals surface area contributed by atoms with E-state index in [0.717, 1.165) is 33.5 Å². The number of rotatable bonds is 7. The first-order chi connectivity index (χ1) is 14.9. The molecule has 2 aromatic heterocycles. The van der Waals surface area contributed by atoms with Crippen LogP contribution in [0.4, 0.5) is 0 Å². The Kier molecular flexibility index (Phi) is 6.22. The average Bonchev–Trinajstić information content (AvgIpc) is 3.13. The molecule has 4 rings (SSSR count). The lowest BCUT2D eigenvalue weighted by molar-refractivity contribution is -0.120. The molecule has 0 spiro atoms. The summed E-state index contributed by atoms with van der Waals surface area (Å²) in [4.78, 5) is 17.0. The van der Waals surface area contributed by atoms with Crippen molar-refractivity contribution in [2.45, 2.75) is 26.7 Å². The number of fused-ring (bicyclic) bond motifs is 3.